The topological polar surface area (TPSA) is 69.7 Å². The Kier molecular flexibility index (Phi) is 7.19. The van der Waals surface area contributed by atoms with Gasteiger partial charge in [0.05, 0.1) is 5.75 Å². The Labute approximate surface area is 149 Å². The van der Waals surface area contributed by atoms with E-state index in [1.807, 2.05) is 11.8 Å². The Morgan fingerprint density at radius 2 is 1.80 bits per heavy atom. The van der Waals surface area contributed by atoms with Gasteiger partial charge in [0, 0.05) is 44.8 Å². The van der Waals surface area contributed by atoms with Crippen molar-refractivity contribution in [2.45, 2.75) is 26.2 Å². The summed E-state index contributed by atoms with van der Waals surface area (Å²) >= 11 is 0. The van der Waals surface area contributed by atoms with E-state index in [0.717, 1.165) is 18.5 Å². The summed E-state index contributed by atoms with van der Waals surface area (Å²) in [6.45, 7) is 4.06. The average Bonchev–Trinajstić information content (AvgIpc) is 2.60. The molecule has 1 aromatic rings. The molecular formula is C17H26FN3O3S. The van der Waals surface area contributed by atoms with Crippen LogP contribution in [-0.2, 0) is 14.8 Å². The van der Waals surface area contributed by atoms with E-state index in [1.165, 1.54) is 16.4 Å². The summed E-state index contributed by atoms with van der Waals surface area (Å²) in [5, 5.41) is 2.66. The van der Waals surface area contributed by atoms with E-state index in [2.05, 4.69) is 5.32 Å². The molecule has 0 radical (unpaired) electrons. The number of nitrogens with zero attached hydrogens (tertiary/aromatic N) is 2. The summed E-state index contributed by atoms with van der Waals surface area (Å²) in [5.74, 6) is -0.467. The van der Waals surface area contributed by atoms with Gasteiger partial charge < -0.3 is 10.2 Å². The van der Waals surface area contributed by atoms with Gasteiger partial charge in [0.2, 0.25) is 15.9 Å². The quantitative estimate of drug-likeness (QED) is 0.753. The van der Waals surface area contributed by atoms with Crippen LogP contribution in [-0.4, -0.2) is 57.1 Å². The highest BCUT2D eigenvalue weighted by Gasteiger charge is 2.26. The molecule has 140 valence electrons. The summed E-state index contributed by atoms with van der Waals surface area (Å²) in [7, 11) is -3.38. The van der Waals surface area contributed by atoms with E-state index in [1.54, 1.807) is 12.1 Å². The molecule has 0 atom stereocenters. The second kappa shape index (κ2) is 9.15. The molecule has 1 aliphatic rings. The molecule has 0 bridgehead atoms. The fraction of sp³-hybridized carbons (Fsp3) is 0.588. The summed E-state index contributed by atoms with van der Waals surface area (Å²) in [5.41, 5.74) is 0.890. The number of rotatable bonds is 8. The number of unbranched alkanes of at least 4 members (excludes halogenated alkanes) is 1. The van der Waals surface area contributed by atoms with Crippen LogP contribution >= 0.6 is 0 Å². The molecule has 0 spiro atoms. The lowest BCUT2D eigenvalue weighted by molar-refractivity contribution is -0.121. The van der Waals surface area contributed by atoms with Crippen LogP contribution in [0.4, 0.5) is 10.1 Å². The van der Waals surface area contributed by atoms with Gasteiger partial charge in [0.15, 0.2) is 0 Å². The van der Waals surface area contributed by atoms with Crippen molar-refractivity contribution in [1.82, 2.24) is 9.62 Å². The normalized spacial score (nSPS) is 16.0. The van der Waals surface area contributed by atoms with Crippen LogP contribution in [0.15, 0.2) is 24.3 Å². The SMILES string of the molecule is CCCCC(=O)NCCS(=O)(=O)N1CCN(c2ccc(F)cc2)CC1. The van der Waals surface area contributed by atoms with Gasteiger partial charge in [-0.2, -0.15) is 4.31 Å². The Morgan fingerprint density at radius 3 is 2.40 bits per heavy atom. The van der Waals surface area contributed by atoms with Crippen LogP contribution in [0.25, 0.3) is 0 Å². The number of sulfonamides is 1. The molecule has 0 aliphatic carbocycles. The third-order valence-corrected chi connectivity index (χ3v) is 6.14. The lowest BCUT2D eigenvalue weighted by Crippen LogP contribution is -2.50. The molecule has 1 saturated heterocycles. The van der Waals surface area contributed by atoms with E-state index in [-0.39, 0.29) is 24.0 Å². The Hall–Kier alpha value is -1.67. The van der Waals surface area contributed by atoms with Gasteiger partial charge in [-0.15, -0.1) is 0 Å². The Bertz CT molecular complexity index is 656. The zero-order valence-electron chi connectivity index (χ0n) is 14.6. The van der Waals surface area contributed by atoms with Crippen molar-refractivity contribution in [1.29, 1.82) is 0 Å². The van der Waals surface area contributed by atoms with Gasteiger partial charge >= 0.3 is 0 Å². The number of hydrogen-bond donors (Lipinski definition) is 1. The molecule has 1 heterocycles. The maximum absolute atomic E-state index is 13.0. The first-order chi connectivity index (χ1) is 11.9. The average molecular weight is 371 g/mol. The Balaban J connectivity index is 1.78. The maximum Gasteiger partial charge on any atom is 0.220 e. The van der Waals surface area contributed by atoms with Crippen molar-refractivity contribution in [3.63, 3.8) is 0 Å². The fourth-order valence-electron chi connectivity index (χ4n) is 2.75. The van der Waals surface area contributed by atoms with Crippen LogP contribution in [0.2, 0.25) is 0 Å². The van der Waals surface area contributed by atoms with Crippen molar-refractivity contribution in [3.8, 4) is 0 Å². The molecule has 0 saturated carbocycles. The first kappa shape index (κ1) is 19.7. The molecule has 1 N–H and O–H groups in total. The summed E-state index contributed by atoms with van der Waals surface area (Å²) in [4.78, 5) is 13.6. The van der Waals surface area contributed by atoms with Gasteiger partial charge in [-0.1, -0.05) is 13.3 Å². The minimum atomic E-state index is -3.38. The molecule has 8 heteroatoms. The predicted molar refractivity (Wildman–Crippen MR) is 96.5 cm³/mol. The molecule has 1 aromatic carbocycles. The molecular weight excluding hydrogens is 345 g/mol. The van der Waals surface area contributed by atoms with E-state index in [4.69, 9.17) is 0 Å². The standard InChI is InChI=1S/C17H26FN3O3S/c1-2-3-4-17(22)19-9-14-25(23,24)21-12-10-20(11-13-21)16-7-5-15(18)6-8-16/h5-8H,2-4,9-14H2,1H3,(H,19,22). The largest absolute Gasteiger partial charge is 0.369 e. The number of nitrogens with one attached hydrogen (secondary N) is 1. The minimum Gasteiger partial charge on any atom is -0.369 e. The second-order valence-electron chi connectivity index (χ2n) is 6.13. The van der Waals surface area contributed by atoms with E-state index >= 15 is 0 Å². The second-order valence-corrected chi connectivity index (χ2v) is 8.22. The number of hydrogen-bond acceptors (Lipinski definition) is 4. The first-order valence-corrected chi connectivity index (χ1v) is 10.3. The third-order valence-electron chi connectivity index (χ3n) is 4.26. The van der Waals surface area contributed by atoms with Crippen LogP contribution < -0.4 is 10.2 Å². The van der Waals surface area contributed by atoms with Crippen molar-refractivity contribution < 1.29 is 17.6 Å². The minimum absolute atomic E-state index is 0.0819. The highest BCUT2D eigenvalue weighted by Crippen LogP contribution is 2.18. The summed E-state index contributed by atoms with van der Waals surface area (Å²) in [6.07, 6.45) is 2.18. The molecule has 2 rings (SSSR count). The predicted octanol–water partition coefficient (Wildman–Crippen LogP) is 1.58. The van der Waals surface area contributed by atoms with E-state index < -0.39 is 10.0 Å². The van der Waals surface area contributed by atoms with Crippen LogP contribution in [0.3, 0.4) is 0 Å². The molecule has 6 nitrogen and oxygen atoms in total. The fourth-order valence-corrected chi connectivity index (χ4v) is 4.09. The lowest BCUT2D eigenvalue weighted by Gasteiger charge is -2.35. The number of amides is 1. The number of carbonyl (C=O) groups excluding carboxylic acids is 1. The molecule has 1 fully saturated rings. The molecule has 25 heavy (non-hydrogen) atoms. The van der Waals surface area contributed by atoms with Crippen LogP contribution in [0.5, 0.6) is 0 Å². The van der Waals surface area contributed by atoms with Crippen LogP contribution in [0, 0.1) is 5.82 Å². The van der Waals surface area contributed by atoms with E-state index in [9.17, 15) is 17.6 Å². The van der Waals surface area contributed by atoms with E-state index in [0.29, 0.717) is 32.6 Å². The number of benzene rings is 1. The molecule has 0 aromatic heterocycles. The van der Waals surface area contributed by atoms with Gasteiger partial charge in [-0.05, 0) is 30.7 Å². The zero-order chi connectivity index (χ0) is 18.3. The number of carbonyl (C=O) groups is 1. The summed E-state index contributed by atoms with van der Waals surface area (Å²) in [6, 6.07) is 6.20. The molecule has 1 amide bonds. The summed E-state index contributed by atoms with van der Waals surface area (Å²) < 4.78 is 39.2. The Morgan fingerprint density at radius 1 is 1.16 bits per heavy atom. The van der Waals surface area contributed by atoms with Gasteiger partial charge in [-0.3, -0.25) is 4.79 Å². The monoisotopic (exact) mass is 371 g/mol. The number of halogens is 1. The van der Waals surface area contributed by atoms with Crippen molar-refractivity contribution in [3.05, 3.63) is 30.1 Å². The molecule has 0 unspecified atom stereocenters. The van der Waals surface area contributed by atoms with Gasteiger partial charge in [-0.25, -0.2) is 12.8 Å². The number of anilines is 1. The first-order valence-electron chi connectivity index (χ1n) is 8.67. The van der Waals surface area contributed by atoms with Gasteiger partial charge in [0.1, 0.15) is 5.82 Å². The molecule has 1 aliphatic heterocycles. The van der Waals surface area contributed by atoms with Crippen molar-refractivity contribution >= 4 is 21.6 Å². The van der Waals surface area contributed by atoms with Crippen LogP contribution in [0.1, 0.15) is 26.2 Å². The highest BCUT2D eigenvalue weighted by atomic mass is 32.2. The smallest absolute Gasteiger partial charge is 0.220 e. The van der Waals surface area contributed by atoms with Crippen molar-refractivity contribution in [2.75, 3.05) is 43.4 Å². The number of piperazine rings is 1. The van der Waals surface area contributed by atoms with Crippen molar-refractivity contribution in [2.24, 2.45) is 0 Å². The highest BCUT2D eigenvalue weighted by molar-refractivity contribution is 7.89. The van der Waals surface area contributed by atoms with Gasteiger partial charge in [0.25, 0.3) is 0 Å². The zero-order valence-corrected chi connectivity index (χ0v) is 15.4. The maximum atomic E-state index is 13.0. The lowest BCUT2D eigenvalue weighted by atomic mass is 10.2. The third kappa shape index (κ3) is 5.97.